The van der Waals surface area contributed by atoms with E-state index in [0.717, 1.165) is 37.5 Å². The molecule has 0 radical (unpaired) electrons. The van der Waals surface area contributed by atoms with Gasteiger partial charge in [0.1, 0.15) is 0 Å². The van der Waals surface area contributed by atoms with Crippen LogP contribution in [0.5, 0.6) is 0 Å². The number of rotatable bonds is 12. The quantitative estimate of drug-likeness (QED) is 0.463. The third kappa shape index (κ3) is 9.39. The Kier molecular flexibility index (Phi) is 10.9. The van der Waals surface area contributed by atoms with E-state index in [-0.39, 0.29) is 5.92 Å². The van der Waals surface area contributed by atoms with E-state index in [9.17, 15) is 9.90 Å². The molecule has 3 atom stereocenters. The fourth-order valence-electron chi connectivity index (χ4n) is 2.70. The minimum absolute atomic E-state index is 0.122. The SMILES string of the molecule is CCCC(C)CCC(CCCCC(C)C(C)C)C(=O)O. The molecule has 2 nitrogen and oxygen atoms in total. The molecule has 20 heavy (non-hydrogen) atoms. The van der Waals surface area contributed by atoms with Crippen molar-refractivity contribution in [2.75, 3.05) is 0 Å². The first-order valence-electron chi connectivity index (χ1n) is 8.61. The molecule has 0 spiro atoms. The van der Waals surface area contributed by atoms with E-state index in [1.807, 2.05) is 0 Å². The molecule has 1 N–H and O–H groups in total. The highest BCUT2D eigenvalue weighted by atomic mass is 16.4. The van der Waals surface area contributed by atoms with Crippen molar-refractivity contribution in [2.45, 2.75) is 86.0 Å². The van der Waals surface area contributed by atoms with Crippen LogP contribution in [0.1, 0.15) is 86.0 Å². The Balaban J connectivity index is 3.89. The molecular formula is C18H36O2. The van der Waals surface area contributed by atoms with E-state index in [0.29, 0.717) is 5.92 Å². The Morgan fingerprint density at radius 3 is 2.00 bits per heavy atom. The van der Waals surface area contributed by atoms with Crippen LogP contribution in [0.4, 0.5) is 0 Å². The van der Waals surface area contributed by atoms with Gasteiger partial charge in [0, 0.05) is 0 Å². The number of hydrogen-bond acceptors (Lipinski definition) is 1. The molecule has 0 aromatic rings. The van der Waals surface area contributed by atoms with Gasteiger partial charge in [-0.1, -0.05) is 66.7 Å². The average Bonchev–Trinajstić information content (AvgIpc) is 2.37. The van der Waals surface area contributed by atoms with Crippen LogP contribution in [-0.4, -0.2) is 11.1 Å². The van der Waals surface area contributed by atoms with E-state index < -0.39 is 5.97 Å². The fourth-order valence-corrected chi connectivity index (χ4v) is 2.70. The van der Waals surface area contributed by atoms with E-state index in [4.69, 9.17) is 0 Å². The summed E-state index contributed by atoms with van der Waals surface area (Å²) in [6.45, 7) is 11.3. The maximum absolute atomic E-state index is 11.3. The van der Waals surface area contributed by atoms with E-state index in [2.05, 4.69) is 34.6 Å². The lowest BCUT2D eigenvalue weighted by Crippen LogP contribution is -2.15. The molecule has 0 aliphatic rings. The Bertz CT molecular complexity index is 248. The molecule has 0 aliphatic heterocycles. The largest absolute Gasteiger partial charge is 0.481 e. The second kappa shape index (κ2) is 11.2. The molecule has 0 saturated heterocycles. The summed E-state index contributed by atoms with van der Waals surface area (Å²) < 4.78 is 0. The Labute approximate surface area is 126 Å². The lowest BCUT2D eigenvalue weighted by Gasteiger charge is -2.17. The van der Waals surface area contributed by atoms with Gasteiger partial charge in [-0.15, -0.1) is 0 Å². The van der Waals surface area contributed by atoms with Crippen molar-refractivity contribution >= 4 is 5.97 Å². The summed E-state index contributed by atoms with van der Waals surface area (Å²) >= 11 is 0. The van der Waals surface area contributed by atoms with Gasteiger partial charge in [-0.3, -0.25) is 4.79 Å². The predicted octanol–water partition coefficient (Wildman–Crippen LogP) is 5.76. The van der Waals surface area contributed by atoms with Crippen LogP contribution in [0.25, 0.3) is 0 Å². The number of hydrogen-bond donors (Lipinski definition) is 1. The molecule has 0 saturated carbocycles. The molecule has 120 valence electrons. The summed E-state index contributed by atoms with van der Waals surface area (Å²) in [4.78, 5) is 11.3. The molecule has 2 heteroatoms. The lowest BCUT2D eigenvalue weighted by atomic mass is 9.88. The Morgan fingerprint density at radius 2 is 1.50 bits per heavy atom. The highest BCUT2D eigenvalue weighted by Gasteiger charge is 2.18. The third-order valence-corrected chi connectivity index (χ3v) is 4.74. The standard InChI is InChI=1S/C18H36O2/c1-6-9-15(4)12-13-17(18(19)20)11-8-7-10-16(5)14(2)3/h14-17H,6-13H2,1-5H3,(H,19,20). The first kappa shape index (κ1) is 19.5. The van der Waals surface area contributed by atoms with Crippen LogP contribution in [0.15, 0.2) is 0 Å². The van der Waals surface area contributed by atoms with Crippen LogP contribution in [0, 0.1) is 23.7 Å². The molecule has 0 fully saturated rings. The van der Waals surface area contributed by atoms with Gasteiger partial charge in [-0.25, -0.2) is 0 Å². The molecule has 0 aromatic heterocycles. The smallest absolute Gasteiger partial charge is 0.306 e. The summed E-state index contributed by atoms with van der Waals surface area (Å²) in [5.41, 5.74) is 0. The number of carboxylic acid groups (broad SMARTS) is 1. The van der Waals surface area contributed by atoms with Gasteiger partial charge in [0.25, 0.3) is 0 Å². The first-order chi connectivity index (χ1) is 9.38. The molecule has 0 aliphatic carbocycles. The van der Waals surface area contributed by atoms with Gasteiger partial charge in [-0.2, -0.15) is 0 Å². The fraction of sp³-hybridized carbons (Fsp3) is 0.944. The number of unbranched alkanes of at least 4 members (excludes halogenated alkanes) is 1. The minimum atomic E-state index is -0.592. The van der Waals surface area contributed by atoms with Gasteiger partial charge < -0.3 is 5.11 Å². The molecule has 0 amide bonds. The molecular weight excluding hydrogens is 248 g/mol. The zero-order valence-electron chi connectivity index (χ0n) is 14.3. The van der Waals surface area contributed by atoms with Crippen LogP contribution in [-0.2, 0) is 4.79 Å². The second-order valence-corrected chi connectivity index (χ2v) is 7.01. The van der Waals surface area contributed by atoms with Gasteiger partial charge in [-0.05, 0) is 37.0 Å². The van der Waals surface area contributed by atoms with Gasteiger partial charge >= 0.3 is 5.97 Å². The van der Waals surface area contributed by atoms with Crippen molar-refractivity contribution in [3.63, 3.8) is 0 Å². The zero-order valence-corrected chi connectivity index (χ0v) is 14.3. The zero-order chi connectivity index (χ0) is 15.5. The van der Waals surface area contributed by atoms with Crippen molar-refractivity contribution in [3.8, 4) is 0 Å². The topological polar surface area (TPSA) is 37.3 Å². The van der Waals surface area contributed by atoms with Gasteiger partial charge in [0.15, 0.2) is 0 Å². The van der Waals surface area contributed by atoms with Crippen molar-refractivity contribution in [1.29, 1.82) is 0 Å². The lowest BCUT2D eigenvalue weighted by molar-refractivity contribution is -0.142. The summed E-state index contributed by atoms with van der Waals surface area (Å²) in [6, 6.07) is 0. The summed E-state index contributed by atoms with van der Waals surface area (Å²) in [6.07, 6.45) is 8.67. The third-order valence-electron chi connectivity index (χ3n) is 4.74. The van der Waals surface area contributed by atoms with Crippen LogP contribution >= 0.6 is 0 Å². The summed E-state index contributed by atoms with van der Waals surface area (Å²) in [5, 5.41) is 9.31. The number of carbonyl (C=O) groups is 1. The molecule has 0 aromatic carbocycles. The summed E-state index contributed by atoms with van der Waals surface area (Å²) in [7, 11) is 0. The predicted molar refractivity (Wildman–Crippen MR) is 86.9 cm³/mol. The number of aliphatic carboxylic acids is 1. The molecule has 3 unspecified atom stereocenters. The normalized spacial score (nSPS) is 16.1. The van der Waals surface area contributed by atoms with Crippen LogP contribution in [0.2, 0.25) is 0 Å². The highest BCUT2D eigenvalue weighted by molar-refractivity contribution is 5.69. The van der Waals surface area contributed by atoms with E-state index in [1.165, 1.54) is 25.7 Å². The van der Waals surface area contributed by atoms with Crippen molar-refractivity contribution < 1.29 is 9.90 Å². The minimum Gasteiger partial charge on any atom is -0.481 e. The van der Waals surface area contributed by atoms with E-state index in [1.54, 1.807) is 0 Å². The highest BCUT2D eigenvalue weighted by Crippen LogP contribution is 2.23. The van der Waals surface area contributed by atoms with Gasteiger partial charge in [0.2, 0.25) is 0 Å². The number of carboxylic acids is 1. The second-order valence-electron chi connectivity index (χ2n) is 7.01. The van der Waals surface area contributed by atoms with E-state index >= 15 is 0 Å². The van der Waals surface area contributed by atoms with Gasteiger partial charge in [0.05, 0.1) is 5.92 Å². The maximum atomic E-state index is 11.3. The molecule has 0 heterocycles. The maximum Gasteiger partial charge on any atom is 0.306 e. The summed E-state index contributed by atoms with van der Waals surface area (Å²) in [5.74, 6) is 1.44. The Hall–Kier alpha value is -0.530. The van der Waals surface area contributed by atoms with Crippen molar-refractivity contribution in [1.82, 2.24) is 0 Å². The van der Waals surface area contributed by atoms with Crippen LogP contribution in [0.3, 0.4) is 0 Å². The first-order valence-corrected chi connectivity index (χ1v) is 8.61. The average molecular weight is 284 g/mol. The monoisotopic (exact) mass is 284 g/mol. The Morgan fingerprint density at radius 1 is 0.900 bits per heavy atom. The van der Waals surface area contributed by atoms with Crippen molar-refractivity contribution in [3.05, 3.63) is 0 Å². The molecule has 0 rings (SSSR count). The van der Waals surface area contributed by atoms with Crippen LogP contribution < -0.4 is 0 Å². The molecule has 0 bridgehead atoms. The van der Waals surface area contributed by atoms with Crippen molar-refractivity contribution in [2.24, 2.45) is 23.7 Å².